The topological polar surface area (TPSA) is 34.1 Å². The Labute approximate surface area is 124 Å². The maximum Gasteiger partial charge on any atom is 0.213 e. The molecule has 3 nitrogen and oxygen atoms in total. The molecule has 1 atom stereocenters. The number of aromatic nitrogens is 1. The number of nitrogens with one attached hydrogen (secondary N) is 1. The van der Waals surface area contributed by atoms with Crippen LogP contribution < -0.4 is 10.1 Å². The van der Waals surface area contributed by atoms with E-state index in [-0.39, 0.29) is 0 Å². The van der Waals surface area contributed by atoms with Crippen molar-refractivity contribution in [3.63, 3.8) is 0 Å². The maximum atomic E-state index is 5.74. The Morgan fingerprint density at radius 2 is 1.90 bits per heavy atom. The standard InChI is InChI=1S/C17H30N2O/c1-4-6-7-8-9-10-13-20-17-14-16(11-12-19-17)15(3)18-5-2/h11-12,14-15,18H,4-10,13H2,1-3H3. The molecule has 0 radical (unpaired) electrons. The minimum absolute atomic E-state index is 0.347. The number of ether oxygens (including phenoxy) is 1. The van der Waals surface area contributed by atoms with Crippen molar-refractivity contribution < 1.29 is 4.74 Å². The molecule has 3 heteroatoms. The number of rotatable bonds is 11. The number of hydrogen-bond donors (Lipinski definition) is 1. The fraction of sp³-hybridized carbons (Fsp3) is 0.706. The zero-order chi connectivity index (χ0) is 14.6. The average Bonchev–Trinajstić information content (AvgIpc) is 2.47. The lowest BCUT2D eigenvalue weighted by Crippen LogP contribution is -2.17. The average molecular weight is 278 g/mol. The first-order valence-electron chi connectivity index (χ1n) is 8.10. The van der Waals surface area contributed by atoms with E-state index in [1.807, 2.05) is 18.3 Å². The Bertz CT molecular complexity index is 355. The van der Waals surface area contributed by atoms with Crippen molar-refractivity contribution in [2.75, 3.05) is 13.2 Å². The zero-order valence-corrected chi connectivity index (χ0v) is 13.3. The van der Waals surface area contributed by atoms with E-state index in [4.69, 9.17) is 4.74 Å². The van der Waals surface area contributed by atoms with Crippen LogP contribution in [0.15, 0.2) is 18.3 Å². The van der Waals surface area contributed by atoms with Crippen LogP contribution in [0.5, 0.6) is 5.88 Å². The fourth-order valence-corrected chi connectivity index (χ4v) is 2.26. The molecule has 0 bridgehead atoms. The summed E-state index contributed by atoms with van der Waals surface area (Å²) in [4.78, 5) is 4.28. The van der Waals surface area contributed by atoms with Crippen molar-refractivity contribution in [1.82, 2.24) is 10.3 Å². The molecule has 0 saturated carbocycles. The van der Waals surface area contributed by atoms with Crippen LogP contribution in [0.3, 0.4) is 0 Å². The molecule has 1 aromatic heterocycles. The second-order valence-corrected chi connectivity index (χ2v) is 5.32. The molecular formula is C17H30N2O. The molecule has 20 heavy (non-hydrogen) atoms. The Balaban J connectivity index is 2.25. The number of nitrogens with zero attached hydrogens (tertiary/aromatic N) is 1. The molecule has 0 aromatic carbocycles. The molecule has 0 spiro atoms. The third kappa shape index (κ3) is 6.90. The van der Waals surface area contributed by atoms with Crippen molar-refractivity contribution in [2.45, 2.75) is 65.3 Å². The molecule has 1 rings (SSSR count). The van der Waals surface area contributed by atoms with E-state index in [9.17, 15) is 0 Å². The van der Waals surface area contributed by atoms with Crippen LogP contribution in [0.2, 0.25) is 0 Å². The molecule has 0 aliphatic rings. The van der Waals surface area contributed by atoms with Crippen LogP contribution in [0, 0.1) is 0 Å². The van der Waals surface area contributed by atoms with E-state index in [2.05, 4.69) is 31.1 Å². The van der Waals surface area contributed by atoms with Crippen LogP contribution in [-0.4, -0.2) is 18.1 Å². The summed E-state index contributed by atoms with van der Waals surface area (Å²) in [5.41, 5.74) is 1.24. The molecule has 0 saturated heterocycles. The predicted octanol–water partition coefficient (Wildman–Crippen LogP) is 4.49. The molecule has 1 heterocycles. The molecule has 0 amide bonds. The number of pyridine rings is 1. The van der Waals surface area contributed by atoms with Crippen LogP contribution in [0.1, 0.15) is 70.9 Å². The number of hydrogen-bond acceptors (Lipinski definition) is 3. The van der Waals surface area contributed by atoms with Gasteiger partial charge < -0.3 is 10.1 Å². The number of unbranched alkanes of at least 4 members (excludes halogenated alkanes) is 5. The van der Waals surface area contributed by atoms with Crippen molar-refractivity contribution in [2.24, 2.45) is 0 Å². The molecule has 0 aliphatic heterocycles. The molecule has 1 N–H and O–H groups in total. The van der Waals surface area contributed by atoms with Crippen molar-refractivity contribution in [3.05, 3.63) is 23.9 Å². The van der Waals surface area contributed by atoms with Crippen LogP contribution >= 0.6 is 0 Å². The Hall–Kier alpha value is -1.09. The van der Waals surface area contributed by atoms with Gasteiger partial charge in [-0.2, -0.15) is 0 Å². The Kier molecular flexibility index (Phi) is 9.05. The maximum absolute atomic E-state index is 5.74. The van der Waals surface area contributed by atoms with Gasteiger partial charge in [-0.3, -0.25) is 0 Å². The summed E-state index contributed by atoms with van der Waals surface area (Å²) in [5, 5.41) is 3.40. The van der Waals surface area contributed by atoms with Crippen LogP contribution in [0.4, 0.5) is 0 Å². The summed E-state index contributed by atoms with van der Waals surface area (Å²) in [7, 11) is 0. The first-order chi connectivity index (χ1) is 9.77. The summed E-state index contributed by atoms with van der Waals surface area (Å²) < 4.78 is 5.74. The van der Waals surface area contributed by atoms with Gasteiger partial charge in [-0.25, -0.2) is 4.98 Å². The summed E-state index contributed by atoms with van der Waals surface area (Å²) in [6.07, 6.45) is 9.54. The highest BCUT2D eigenvalue weighted by molar-refractivity contribution is 5.23. The van der Waals surface area contributed by atoms with E-state index in [0.717, 1.165) is 25.5 Å². The second kappa shape index (κ2) is 10.7. The molecular weight excluding hydrogens is 248 g/mol. The smallest absolute Gasteiger partial charge is 0.213 e. The SMILES string of the molecule is CCCCCCCCOc1cc(C(C)NCC)ccn1. The Morgan fingerprint density at radius 1 is 1.15 bits per heavy atom. The highest BCUT2D eigenvalue weighted by Crippen LogP contribution is 2.16. The van der Waals surface area contributed by atoms with E-state index in [0.29, 0.717) is 6.04 Å². The first kappa shape index (κ1) is 17.0. The third-order valence-corrected chi connectivity index (χ3v) is 3.52. The molecule has 0 aliphatic carbocycles. The summed E-state index contributed by atoms with van der Waals surface area (Å²) in [6, 6.07) is 4.44. The van der Waals surface area contributed by atoms with Gasteiger partial charge in [-0.15, -0.1) is 0 Å². The van der Waals surface area contributed by atoms with Gasteiger partial charge in [0.15, 0.2) is 0 Å². The van der Waals surface area contributed by atoms with Gasteiger partial charge in [-0.1, -0.05) is 46.0 Å². The van der Waals surface area contributed by atoms with Gasteiger partial charge in [0.1, 0.15) is 0 Å². The molecule has 114 valence electrons. The summed E-state index contributed by atoms with van der Waals surface area (Å²) in [5.74, 6) is 0.751. The molecule has 0 fully saturated rings. The lowest BCUT2D eigenvalue weighted by Gasteiger charge is -2.13. The lowest BCUT2D eigenvalue weighted by molar-refractivity contribution is 0.292. The predicted molar refractivity (Wildman–Crippen MR) is 85.2 cm³/mol. The summed E-state index contributed by atoms with van der Waals surface area (Å²) >= 11 is 0. The van der Waals surface area contributed by atoms with E-state index in [1.165, 1.54) is 37.7 Å². The third-order valence-electron chi connectivity index (χ3n) is 3.52. The normalized spacial score (nSPS) is 12.3. The van der Waals surface area contributed by atoms with E-state index >= 15 is 0 Å². The Morgan fingerprint density at radius 3 is 2.65 bits per heavy atom. The van der Waals surface area contributed by atoms with Gasteiger partial charge in [0, 0.05) is 18.3 Å². The highest BCUT2D eigenvalue weighted by Gasteiger charge is 2.05. The van der Waals surface area contributed by atoms with Gasteiger partial charge >= 0.3 is 0 Å². The first-order valence-corrected chi connectivity index (χ1v) is 8.10. The van der Waals surface area contributed by atoms with E-state index in [1.54, 1.807) is 0 Å². The van der Waals surface area contributed by atoms with Gasteiger partial charge in [0.05, 0.1) is 6.61 Å². The largest absolute Gasteiger partial charge is 0.478 e. The summed E-state index contributed by atoms with van der Waals surface area (Å²) in [6.45, 7) is 8.27. The van der Waals surface area contributed by atoms with Gasteiger partial charge in [-0.05, 0) is 31.5 Å². The zero-order valence-electron chi connectivity index (χ0n) is 13.3. The molecule has 1 unspecified atom stereocenters. The van der Waals surface area contributed by atoms with Crippen molar-refractivity contribution in [1.29, 1.82) is 0 Å². The second-order valence-electron chi connectivity index (χ2n) is 5.32. The van der Waals surface area contributed by atoms with E-state index < -0.39 is 0 Å². The van der Waals surface area contributed by atoms with Crippen molar-refractivity contribution in [3.8, 4) is 5.88 Å². The van der Waals surface area contributed by atoms with Crippen LogP contribution in [-0.2, 0) is 0 Å². The molecule has 1 aromatic rings. The fourth-order valence-electron chi connectivity index (χ4n) is 2.26. The minimum Gasteiger partial charge on any atom is -0.478 e. The van der Waals surface area contributed by atoms with Gasteiger partial charge in [0.2, 0.25) is 5.88 Å². The highest BCUT2D eigenvalue weighted by atomic mass is 16.5. The van der Waals surface area contributed by atoms with Crippen molar-refractivity contribution >= 4 is 0 Å². The monoisotopic (exact) mass is 278 g/mol. The van der Waals surface area contributed by atoms with Crippen LogP contribution in [0.25, 0.3) is 0 Å². The minimum atomic E-state index is 0.347. The lowest BCUT2D eigenvalue weighted by atomic mass is 10.1. The van der Waals surface area contributed by atoms with Gasteiger partial charge in [0.25, 0.3) is 0 Å². The quantitative estimate of drug-likeness (QED) is 0.605.